The van der Waals surface area contributed by atoms with E-state index in [0.717, 1.165) is 17.8 Å². The minimum Gasteiger partial charge on any atom is -0.483 e. The highest BCUT2D eigenvalue weighted by molar-refractivity contribution is 5.96. The first-order valence-electron chi connectivity index (χ1n) is 9.97. The number of para-hydroxylation sites is 1. The zero-order valence-corrected chi connectivity index (χ0v) is 15.8. The molecule has 1 atom stereocenters. The van der Waals surface area contributed by atoms with E-state index in [4.69, 9.17) is 4.74 Å². The van der Waals surface area contributed by atoms with Crippen molar-refractivity contribution in [3.05, 3.63) is 29.8 Å². The van der Waals surface area contributed by atoms with Crippen LogP contribution in [-0.2, 0) is 4.79 Å². The van der Waals surface area contributed by atoms with Crippen molar-refractivity contribution in [3.8, 4) is 5.75 Å². The van der Waals surface area contributed by atoms with E-state index in [2.05, 4.69) is 12.2 Å². The molecule has 5 rings (SSSR count). The first-order chi connectivity index (χ1) is 12.4. The van der Waals surface area contributed by atoms with E-state index in [-0.39, 0.29) is 24.3 Å². The van der Waals surface area contributed by atoms with Crippen LogP contribution in [0.25, 0.3) is 0 Å². The zero-order valence-electron chi connectivity index (χ0n) is 15.8. The molecular formula is C22H29NO3. The number of hydrogen-bond donors (Lipinski definition) is 1. The van der Waals surface area contributed by atoms with Crippen LogP contribution in [0.15, 0.2) is 24.3 Å². The van der Waals surface area contributed by atoms with E-state index in [1.54, 1.807) is 18.2 Å². The highest BCUT2D eigenvalue weighted by Gasteiger charge is 2.53. The van der Waals surface area contributed by atoms with E-state index in [1.165, 1.54) is 45.4 Å². The number of nitrogens with one attached hydrogen (secondary N) is 1. The largest absolute Gasteiger partial charge is 0.483 e. The number of ether oxygens (including phenoxy) is 1. The molecule has 1 amide bonds. The Hall–Kier alpha value is -1.84. The Morgan fingerprint density at radius 2 is 1.69 bits per heavy atom. The van der Waals surface area contributed by atoms with Crippen molar-refractivity contribution < 1.29 is 14.3 Å². The molecule has 4 fully saturated rings. The van der Waals surface area contributed by atoms with E-state index in [1.807, 2.05) is 6.07 Å². The van der Waals surface area contributed by atoms with Crippen molar-refractivity contribution in [1.82, 2.24) is 5.32 Å². The molecule has 0 aliphatic heterocycles. The van der Waals surface area contributed by atoms with Crippen molar-refractivity contribution in [1.29, 1.82) is 0 Å². The van der Waals surface area contributed by atoms with Crippen molar-refractivity contribution in [2.24, 2.45) is 23.2 Å². The van der Waals surface area contributed by atoms with Crippen LogP contribution in [0, 0.1) is 23.2 Å². The van der Waals surface area contributed by atoms with E-state index < -0.39 is 0 Å². The first-order valence-corrected chi connectivity index (χ1v) is 9.97. The summed E-state index contributed by atoms with van der Waals surface area (Å²) in [4.78, 5) is 24.1. The van der Waals surface area contributed by atoms with Gasteiger partial charge in [-0.1, -0.05) is 12.1 Å². The summed E-state index contributed by atoms with van der Waals surface area (Å²) >= 11 is 0. The third-order valence-electron chi connectivity index (χ3n) is 7.01. The molecule has 1 aromatic rings. The van der Waals surface area contributed by atoms with Gasteiger partial charge in [0.15, 0.2) is 12.4 Å². The van der Waals surface area contributed by atoms with E-state index >= 15 is 0 Å². The van der Waals surface area contributed by atoms with E-state index in [0.29, 0.717) is 16.7 Å². The maximum Gasteiger partial charge on any atom is 0.258 e. The standard InChI is InChI=1S/C22H29NO3/c1-14(24)19-5-3-4-6-20(19)26-13-21(25)23-15(2)22-10-16-7-17(11-22)9-18(8-16)12-22/h3-6,15-18H,7-13H2,1-2H3,(H,23,25)/t15-,16?,17?,18?,22?/m1/s1. The van der Waals surface area contributed by atoms with Gasteiger partial charge in [-0.05, 0) is 87.7 Å². The van der Waals surface area contributed by atoms with Gasteiger partial charge in [-0.15, -0.1) is 0 Å². The highest BCUT2D eigenvalue weighted by Crippen LogP contribution is 2.61. The SMILES string of the molecule is CC(=O)c1ccccc1OCC(=O)N[C@H](C)C12CC3CC(CC(C3)C1)C2. The number of ketones is 1. The molecule has 4 aliphatic rings. The summed E-state index contributed by atoms with van der Waals surface area (Å²) in [5.74, 6) is 2.96. The minimum absolute atomic E-state index is 0.0407. The number of hydrogen-bond acceptors (Lipinski definition) is 3. The van der Waals surface area contributed by atoms with Crippen molar-refractivity contribution in [2.75, 3.05) is 6.61 Å². The Kier molecular flexibility index (Phi) is 4.54. The Labute approximate surface area is 155 Å². The number of Topliss-reactive ketones (excluding diaryl/α,β-unsaturated/α-hetero) is 1. The summed E-state index contributed by atoms with van der Waals surface area (Å²) in [5.41, 5.74) is 0.816. The first kappa shape index (κ1) is 17.6. The van der Waals surface area contributed by atoms with Crippen LogP contribution in [0.3, 0.4) is 0 Å². The van der Waals surface area contributed by atoms with E-state index in [9.17, 15) is 9.59 Å². The van der Waals surface area contributed by atoms with Crippen molar-refractivity contribution in [2.45, 2.75) is 58.4 Å². The Morgan fingerprint density at radius 3 is 2.27 bits per heavy atom. The predicted octanol–water partition coefficient (Wildman–Crippen LogP) is 3.99. The summed E-state index contributed by atoms with van der Waals surface area (Å²) in [6, 6.07) is 7.28. The Morgan fingerprint density at radius 1 is 1.12 bits per heavy atom. The maximum absolute atomic E-state index is 12.5. The lowest BCUT2D eigenvalue weighted by atomic mass is 9.48. The summed E-state index contributed by atoms with van der Waals surface area (Å²) in [5, 5.41) is 3.21. The fourth-order valence-electron chi connectivity index (χ4n) is 6.17. The summed E-state index contributed by atoms with van der Waals surface area (Å²) in [6.07, 6.45) is 8.04. The third kappa shape index (κ3) is 3.26. The van der Waals surface area contributed by atoms with Crippen LogP contribution in [0.4, 0.5) is 0 Å². The summed E-state index contributed by atoms with van der Waals surface area (Å²) in [7, 11) is 0. The number of carbonyl (C=O) groups is 2. The van der Waals surface area contributed by atoms with Gasteiger partial charge in [-0.2, -0.15) is 0 Å². The summed E-state index contributed by atoms with van der Waals surface area (Å²) < 4.78 is 5.65. The van der Waals surface area contributed by atoms with Crippen LogP contribution in [0.2, 0.25) is 0 Å². The van der Waals surface area contributed by atoms with Gasteiger partial charge in [0.05, 0.1) is 5.56 Å². The molecule has 0 spiro atoms. The van der Waals surface area contributed by atoms with Gasteiger partial charge < -0.3 is 10.1 Å². The van der Waals surface area contributed by atoms with Gasteiger partial charge in [-0.3, -0.25) is 9.59 Å². The zero-order chi connectivity index (χ0) is 18.3. The second kappa shape index (κ2) is 6.71. The molecule has 4 aliphatic carbocycles. The third-order valence-corrected chi connectivity index (χ3v) is 7.01. The lowest BCUT2D eigenvalue weighted by molar-refractivity contribution is -0.127. The molecule has 4 nitrogen and oxygen atoms in total. The fourth-order valence-corrected chi connectivity index (χ4v) is 6.17. The highest BCUT2D eigenvalue weighted by atomic mass is 16.5. The molecule has 0 unspecified atom stereocenters. The normalized spacial score (nSPS) is 32.9. The quantitative estimate of drug-likeness (QED) is 0.785. The molecule has 4 heteroatoms. The van der Waals surface area contributed by atoms with Crippen molar-refractivity contribution >= 4 is 11.7 Å². The Bertz CT molecular complexity index is 676. The van der Waals surface area contributed by atoms with Crippen LogP contribution in [0.1, 0.15) is 62.7 Å². The van der Waals surface area contributed by atoms with Crippen molar-refractivity contribution in [3.63, 3.8) is 0 Å². The van der Waals surface area contributed by atoms with Gasteiger partial charge in [0.1, 0.15) is 5.75 Å². The average Bonchev–Trinajstić information content (AvgIpc) is 2.59. The van der Waals surface area contributed by atoms with Gasteiger partial charge in [-0.25, -0.2) is 0 Å². The molecule has 1 aromatic carbocycles. The molecule has 1 N–H and O–H groups in total. The average molecular weight is 355 g/mol. The molecule has 140 valence electrons. The molecule has 0 aromatic heterocycles. The smallest absolute Gasteiger partial charge is 0.258 e. The second-order valence-electron chi connectivity index (χ2n) is 8.91. The fraction of sp³-hybridized carbons (Fsp3) is 0.636. The van der Waals surface area contributed by atoms with Crippen LogP contribution >= 0.6 is 0 Å². The van der Waals surface area contributed by atoms with Crippen LogP contribution < -0.4 is 10.1 Å². The Balaban J connectivity index is 1.36. The lowest BCUT2D eigenvalue weighted by Gasteiger charge is -2.59. The molecule has 0 radical (unpaired) electrons. The predicted molar refractivity (Wildman–Crippen MR) is 100 cm³/mol. The van der Waals surface area contributed by atoms with Gasteiger partial charge in [0.2, 0.25) is 0 Å². The molecule has 4 bridgehead atoms. The van der Waals surface area contributed by atoms with Gasteiger partial charge in [0.25, 0.3) is 5.91 Å². The molecule has 0 saturated heterocycles. The van der Waals surface area contributed by atoms with Crippen LogP contribution in [0.5, 0.6) is 5.75 Å². The monoisotopic (exact) mass is 355 g/mol. The molecule has 4 saturated carbocycles. The number of amides is 1. The maximum atomic E-state index is 12.5. The molecule has 26 heavy (non-hydrogen) atoms. The van der Waals surface area contributed by atoms with Crippen LogP contribution in [-0.4, -0.2) is 24.3 Å². The second-order valence-corrected chi connectivity index (χ2v) is 8.91. The number of carbonyl (C=O) groups excluding carboxylic acids is 2. The summed E-state index contributed by atoms with van der Waals surface area (Å²) in [6.45, 7) is 3.65. The minimum atomic E-state index is -0.0911. The number of rotatable bonds is 6. The molecular weight excluding hydrogens is 326 g/mol. The topological polar surface area (TPSA) is 55.4 Å². The van der Waals surface area contributed by atoms with Gasteiger partial charge >= 0.3 is 0 Å². The molecule has 0 heterocycles. The number of benzene rings is 1. The lowest BCUT2D eigenvalue weighted by Crippen LogP contribution is -2.56. The van der Waals surface area contributed by atoms with Gasteiger partial charge in [0, 0.05) is 6.04 Å².